The van der Waals surface area contributed by atoms with Crippen LogP contribution in [0.5, 0.6) is 0 Å². The SMILES string of the molecule is NCC(=O)NCC(=O)N[C@@H](CCCN=C(N)N)C(=O)N1CCC[C@H]1C(=O)N[C@@H](Cc1ccccc1)C(=O)NCC(=O)NCC(=O)O. The Labute approximate surface area is 265 Å². The van der Waals surface area contributed by atoms with E-state index in [0.717, 1.165) is 0 Å². The number of hydrogen-bond donors (Lipinski definition) is 9. The Hall–Kier alpha value is -5.26. The molecule has 0 unspecified atom stereocenters. The number of rotatable bonds is 18. The number of amides is 6. The molecule has 46 heavy (non-hydrogen) atoms. The van der Waals surface area contributed by atoms with Gasteiger partial charge in [0.05, 0.1) is 19.6 Å². The molecule has 1 aliphatic rings. The Balaban J connectivity index is 2.17. The van der Waals surface area contributed by atoms with Gasteiger partial charge in [0.25, 0.3) is 0 Å². The van der Waals surface area contributed by atoms with E-state index >= 15 is 0 Å². The van der Waals surface area contributed by atoms with Gasteiger partial charge in [0, 0.05) is 19.5 Å². The second-order valence-corrected chi connectivity index (χ2v) is 10.4. The summed E-state index contributed by atoms with van der Waals surface area (Å²) >= 11 is 0. The lowest BCUT2D eigenvalue weighted by Gasteiger charge is -2.30. The van der Waals surface area contributed by atoms with Crippen LogP contribution in [-0.2, 0) is 40.0 Å². The number of benzene rings is 1. The van der Waals surface area contributed by atoms with E-state index in [1.54, 1.807) is 30.3 Å². The number of hydrogen-bond acceptors (Lipinski definition) is 9. The number of nitrogens with two attached hydrogens (primary N) is 3. The van der Waals surface area contributed by atoms with Gasteiger partial charge in [-0.3, -0.25) is 38.6 Å². The number of aliphatic imine (C=N–C) groups is 1. The van der Waals surface area contributed by atoms with Gasteiger partial charge in [-0.05, 0) is 31.2 Å². The molecule has 1 aromatic rings. The number of aliphatic carboxylic acids is 1. The molecule has 0 aliphatic carbocycles. The van der Waals surface area contributed by atoms with Crippen LogP contribution in [0.2, 0.25) is 0 Å². The Morgan fingerprint density at radius 2 is 1.57 bits per heavy atom. The van der Waals surface area contributed by atoms with Crippen molar-refractivity contribution >= 4 is 47.4 Å². The van der Waals surface area contributed by atoms with Crippen molar-refractivity contribution in [3.8, 4) is 0 Å². The van der Waals surface area contributed by atoms with Gasteiger partial charge in [-0.15, -0.1) is 0 Å². The van der Waals surface area contributed by atoms with Crippen molar-refractivity contribution in [1.82, 2.24) is 31.5 Å². The first kappa shape index (κ1) is 36.9. The summed E-state index contributed by atoms with van der Waals surface area (Å²) in [5, 5.41) is 20.9. The highest BCUT2D eigenvalue weighted by molar-refractivity contribution is 5.96. The normalized spacial score (nSPS) is 15.1. The van der Waals surface area contributed by atoms with E-state index < -0.39 is 79.2 Å². The Morgan fingerprint density at radius 3 is 2.22 bits per heavy atom. The highest BCUT2D eigenvalue weighted by atomic mass is 16.4. The minimum absolute atomic E-state index is 0.0633. The van der Waals surface area contributed by atoms with Crippen LogP contribution in [0.4, 0.5) is 0 Å². The van der Waals surface area contributed by atoms with Gasteiger partial charge in [-0.1, -0.05) is 30.3 Å². The Morgan fingerprint density at radius 1 is 0.891 bits per heavy atom. The number of carbonyl (C=O) groups is 7. The first-order valence-electron chi connectivity index (χ1n) is 14.6. The van der Waals surface area contributed by atoms with Gasteiger partial charge in [0.1, 0.15) is 24.7 Å². The molecular formula is C28H42N10O8. The van der Waals surface area contributed by atoms with Crippen molar-refractivity contribution in [3.05, 3.63) is 35.9 Å². The summed E-state index contributed by atoms with van der Waals surface area (Å²) in [6.07, 6.45) is 1.27. The van der Waals surface area contributed by atoms with Gasteiger partial charge in [-0.25, -0.2) is 0 Å². The minimum atomic E-state index is -1.25. The monoisotopic (exact) mass is 646 g/mol. The van der Waals surface area contributed by atoms with E-state index in [1.165, 1.54) is 4.90 Å². The van der Waals surface area contributed by atoms with E-state index in [2.05, 4.69) is 31.6 Å². The summed E-state index contributed by atoms with van der Waals surface area (Å²) in [6.45, 7) is -1.49. The highest BCUT2D eigenvalue weighted by Crippen LogP contribution is 2.20. The first-order valence-corrected chi connectivity index (χ1v) is 14.6. The molecular weight excluding hydrogens is 604 g/mol. The predicted molar refractivity (Wildman–Crippen MR) is 164 cm³/mol. The molecule has 18 nitrogen and oxygen atoms in total. The summed E-state index contributed by atoms with van der Waals surface area (Å²) < 4.78 is 0. The third-order valence-electron chi connectivity index (χ3n) is 6.82. The molecule has 1 aliphatic heterocycles. The summed E-state index contributed by atoms with van der Waals surface area (Å²) in [5.41, 5.74) is 16.7. The maximum atomic E-state index is 13.7. The van der Waals surface area contributed by atoms with Crippen LogP contribution in [0.15, 0.2) is 35.3 Å². The third-order valence-corrected chi connectivity index (χ3v) is 6.82. The van der Waals surface area contributed by atoms with Crippen molar-refractivity contribution in [2.24, 2.45) is 22.2 Å². The zero-order chi connectivity index (χ0) is 34.1. The number of nitrogens with zero attached hydrogens (tertiary/aromatic N) is 2. The third kappa shape index (κ3) is 13.2. The van der Waals surface area contributed by atoms with Gasteiger partial charge >= 0.3 is 5.97 Å². The number of guanidine groups is 1. The molecule has 1 aromatic carbocycles. The van der Waals surface area contributed by atoms with Crippen LogP contribution in [0.25, 0.3) is 0 Å². The summed E-state index contributed by atoms with van der Waals surface area (Å²) in [7, 11) is 0. The number of nitrogens with one attached hydrogen (secondary N) is 5. The minimum Gasteiger partial charge on any atom is -0.480 e. The number of likely N-dealkylation sites (tertiary alicyclic amines) is 1. The van der Waals surface area contributed by atoms with Crippen LogP contribution < -0.4 is 43.8 Å². The molecule has 0 aromatic heterocycles. The topological polar surface area (TPSA) is 294 Å². The van der Waals surface area contributed by atoms with Crippen LogP contribution in [0.1, 0.15) is 31.2 Å². The van der Waals surface area contributed by atoms with Crippen LogP contribution in [0, 0.1) is 0 Å². The van der Waals surface area contributed by atoms with Crippen LogP contribution in [0.3, 0.4) is 0 Å². The smallest absolute Gasteiger partial charge is 0.322 e. The van der Waals surface area contributed by atoms with Crippen molar-refractivity contribution in [3.63, 3.8) is 0 Å². The fourth-order valence-corrected chi connectivity index (χ4v) is 4.61. The van der Waals surface area contributed by atoms with Gasteiger partial charge in [-0.2, -0.15) is 0 Å². The Kier molecular flexibility index (Phi) is 15.4. The van der Waals surface area contributed by atoms with Crippen LogP contribution in [-0.4, -0.2) is 115 Å². The van der Waals surface area contributed by atoms with E-state index in [9.17, 15) is 33.6 Å². The van der Waals surface area contributed by atoms with Crippen molar-refractivity contribution in [2.45, 2.75) is 50.2 Å². The molecule has 12 N–H and O–H groups in total. The molecule has 6 amide bonds. The van der Waals surface area contributed by atoms with E-state index in [4.69, 9.17) is 22.3 Å². The van der Waals surface area contributed by atoms with Crippen molar-refractivity contribution in [1.29, 1.82) is 0 Å². The van der Waals surface area contributed by atoms with Gasteiger partial charge < -0.3 is 53.8 Å². The fraction of sp³-hybridized carbons (Fsp3) is 0.500. The zero-order valence-electron chi connectivity index (χ0n) is 25.3. The summed E-state index contributed by atoms with van der Waals surface area (Å²) in [5.74, 6) is -5.17. The number of carboxylic acid groups (broad SMARTS) is 1. The average molecular weight is 647 g/mol. The standard InChI is InChI=1S/C28H42N10O8/c29-13-21(39)33-15-23(41)36-18(8-4-10-32-28(30)31)27(46)38-11-5-9-20(38)26(45)37-19(12-17-6-2-1-3-7-17)25(44)35-14-22(40)34-16-24(42)43/h1-3,6-7,18-20H,4-5,8-16,29H2,(H,33,39)(H,34,40)(H,35,44)(H,36,41)(H,37,45)(H,42,43)(H4,30,31,32)/t18-,19-,20-/m0/s1. The van der Waals surface area contributed by atoms with Gasteiger partial charge in [0.2, 0.25) is 35.4 Å². The molecule has 1 heterocycles. The molecule has 1 fully saturated rings. The maximum Gasteiger partial charge on any atom is 0.322 e. The second-order valence-electron chi connectivity index (χ2n) is 10.4. The fourth-order valence-electron chi connectivity index (χ4n) is 4.61. The Bertz CT molecular complexity index is 1270. The first-order chi connectivity index (χ1) is 21.9. The molecule has 0 saturated carbocycles. The molecule has 2 rings (SSSR count). The molecule has 18 heteroatoms. The molecule has 3 atom stereocenters. The van der Waals surface area contributed by atoms with E-state index in [1.807, 2.05) is 0 Å². The molecule has 0 spiro atoms. The van der Waals surface area contributed by atoms with E-state index in [-0.39, 0.29) is 44.9 Å². The van der Waals surface area contributed by atoms with Crippen LogP contribution >= 0.6 is 0 Å². The molecule has 252 valence electrons. The molecule has 0 bridgehead atoms. The predicted octanol–water partition coefficient (Wildman–Crippen LogP) is -4.36. The van der Waals surface area contributed by atoms with Crippen molar-refractivity contribution < 1.29 is 38.7 Å². The maximum absolute atomic E-state index is 13.7. The van der Waals surface area contributed by atoms with E-state index in [0.29, 0.717) is 18.4 Å². The van der Waals surface area contributed by atoms with Crippen molar-refractivity contribution in [2.75, 3.05) is 39.3 Å². The highest BCUT2D eigenvalue weighted by Gasteiger charge is 2.38. The van der Waals surface area contributed by atoms with Gasteiger partial charge in [0.15, 0.2) is 5.96 Å². The number of carboxylic acids is 1. The number of carbonyl (C=O) groups excluding carboxylic acids is 6. The second kappa shape index (κ2) is 19.2. The summed E-state index contributed by atoms with van der Waals surface area (Å²) in [6, 6.07) is 5.62. The average Bonchev–Trinajstić information content (AvgIpc) is 3.53. The zero-order valence-corrected chi connectivity index (χ0v) is 25.3. The lowest BCUT2D eigenvalue weighted by Crippen LogP contribution is -2.57. The molecule has 1 saturated heterocycles. The largest absolute Gasteiger partial charge is 0.480 e. The molecule has 0 radical (unpaired) electrons. The lowest BCUT2D eigenvalue weighted by molar-refractivity contribution is -0.142. The lowest BCUT2D eigenvalue weighted by atomic mass is 10.0. The quantitative estimate of drug-likeness (QED) is 0.0417. The summed E-state index contributed by atoms with van der Waals surface area (Å²) in [4.78, 5) is 92.2.